The molecule has 0 saturated carbocycles. The Labute approximate surface area is 131 Å². The van der Waals surface area contributed by atoms with Gasteiger partial charge in [-0.1, -0.05) is 12.1 Å². The molecular weight excluding hydrogens is 290 g/mol. The van der Waals surface area contributed by atoms with E-state index in [2.05, 4.69) is 15.0 Å². The maximum atomic E-state index is 11.2. The summed E-state index contributed by atoms with van der Waals surface area (Å²) in [6, 6.07) is 8.82. The predicted molar refractivity (Wildman–Crippen MR) is 88.5 cm³/mol. The molecule has 0 bridgehead atoms. The summed E-state index contributed by atoms with van der Waals surface area (Å²) in [6.45, 7) is 2.01. The second-order valence-electron chi connectivity index (χ2n) is 5.46. The number of carbonyl (C=O) groups is 1. The van der Waals surface area contributed by atoms with Crippen LogP contribution in [0.3, 0.4) is 0 Å². The van der Waals surface area contributed by atoms with Gasteiger partial charge in [-0.3, -0.25) is 4.98 Å². The number of hydrogen-bond donors (Lipinski definition) is 2. The molecule has 0 fully saturated rings. The molecule has 2 N–H and O–H groups in total. The summed E-state index contributed by atoms with van der Waals surface area (Å²) in [4.78, 5) is 23.2. The van der Waals surface area contributed by atoms with Crippen LogP contribution in [0, 0.1) is 6.92 Å². The monoisotopic (exact) mass is 303 g/mol. The highest BCUT2D eigenvalue weighted by molar-refractivity contribution is 6.08. The Balaban J connectivity index is 2.02. The van der Waals surface area contributed by atoms with Crippen LogP contribution in [-0.4, -0.2) is 26.0 Å². The van der Waals surface area contributed by atoms with Gasteiger partial charge in [0.25, 0.3) is 0 Å². The van der Waals surface area contributed by atoms with Gasteiger partial charge in [-0.15, -0.1) is 0 Å². The van der Waals surface area contributed by atoms with Gasteiger partial charge >= 0.3 is 5.97 Å². The number of aryl methyl sites for hydroxylation is 1. The fourth-order valence-electron chi connectivity index (χ4n) is 2.96. The molecule has 0 spiro atoms. The van der Waals surface area contributed by atoms with Gasteiger partial charge in [0.1, 0.15) is 5.65 Å². The molecule has 0 aliphatic rings. The van der Waals surface area contributed by atoms with Gasteiger partial charge in [0.05, 0.1) is 11.3 Å². The third-order valence-electron chi connectivity index (χ3n) is 4.09. The molecule has 0 aliphatic carbocycles. The van der Waals surface area contributed by atoms with Crippen LogP contribution in [0.25, 0.3) is 33.1 Å². The second kappa shape index (κ2) is 4.91. The average Bonchev–Trinajstić information content (AvgIpc) is 2.92. The summed E-state index contributed by atoms with van der Waals surface area (Å²) >= 11 is 0. The largest absolute Gasteiger partial charge is 0.478 e. The minimum absolute atomic E-state index is 0.264. The summed E-state index contributed by atoms with van der Waals surface area (Å²) in [5.74, 6) is -0.937. The molecule has 112 valence electrons. The van der Waals surface area contributed by atoms with E-state index in [9.17, 15) is 9.90 Å². The smallest absolute Gasteiger partial charge is 0.335 e. The normalized spacial score (nSPS) is 11.2. The predicted octanol–water partition coefficient (Wildman–Crippen LogP) is 3.78. The van der Waals surface area contributed by atoms with Crippen LogP contribution in [0.1, 0.15) is 15.9 Å². The van der Waals surface area contributed by atoms with Gasteiger partial charge in [0, 0.05) is 34.7 Å². The molecule has 1 aromatic carbocycles. The van der Waals surface area contributed by atoms with Crippen molar-refractivity contribution in [3.05, 3.63) is 60.0 Å². The quantitative estimate of drug-likeness (QED) is 0.590. The van der Waals surface area contributed by atoms with Gasteiger partial charge in [-0.25, -0.2) is 9.78 Å². The van der Waals surface area contributed by atoms with Crippen molar-refractivity contribution in [2.75, 3.05) is 0 Å². The summed E-state index contributed by atoms with van der Waals surface area (Å²) in [6.07, 6.45) is 5.39. The van der Waals surface area contributed by atoms with E-state index in [1.807, 2.05) is 31.5 Å². The molecule has 0 aliphatic heterocycles. The fraction of sp³-hybridized carbons (Fsp3) is 0.0556. The lowest BCUT2D eigenvalue weighted by atomic mass is 10.0. The third-order valence-corrected chi connectivity index (χ3v) is 4.09. The number of aromatic nitrogens is 3. The molecule has 0 radical (unpaired) electrons. The number of nitrogens with zero attached hydrogens (tertiary/aromatic N) is 2. The van der Waals surface area contributed by atoms with Crippen molar-refractivity contribution in [1.29, 1.82) is 0 Å². The van der Waals surface area contributed by atoms with E-state index < -0.39 is 5.97 Å². The first-order valence-corrected chi connectivity index (χ1v) is 7.20. The van der Waals surface area contributed by atoms with Crippen LogP contribution in [-0.2, 0) is 0 Å². The van der Waals surface area contributed by atoms with Gasteiger partial charge in [0.15, 0.2) is 0 Å². The minimum atomic E-state index is -0.937. The van der Waals surface area contributed by atoms with E-state index in [1.54, 1.807) is 24.4 Å². The van der Waals surface area contributed by atoms with Gasteiger partial charge < -0.3 is 10.1 Å². The van der Waals surface area contributed by atoms with E-state index in [4.69, 9.17) is 0 Å². The molecular formula is C18H13N3O2. The lowest BCUT2D eigenvalue weighted by Gasteiger charge is -2.02. The van der Waals surface area contributed by atoms with Crippen molar-refractivity contribution in [3.8, 4) is 11.3 Å². The summed E-state index contributed by atoms with van der Waals surface area (Å²) in [5, 5.41) is 12.3. The van der Waals surface area contributed by atoms with Crippen molar-refractivity contribution in [2.45, 2.75) is 6.92 Å². The van der Waals surface area contributed by atoms with Crippen LogP contribution in [0.15, 0.2) is 48.9 Å². The third kappa shape index (κ3) is 2.05. The molecule has 3 aromatic heterocycles. The van der Waals surface area contributed by atoms with Crippen LogP contribution < -0.4 is 0 Å². The Morgan fingerprint density at radius 2 is 2.09 bits per heavy atom. The number of hydrogen-bond acceptors (Lipinski definition) is 3. The van der Waals surface area contributed by atoms with Crippen molar-refractivity contribution >= 4 is 27.8 Å². The van der Waals surface area contributed by atoms with E-state index in [1.165, 1.54) is 0 Å². The van der Waals surface area contributed by atoms with Gasteiger partial charge in [-0.05, 0) is 36.2 Å². The SMILES string of the molecule is Cc1c(-c2cccc(C(=O)O)c2)[nH]c2ncc3ccncc3c12. The Hall–Kier alpha value is -3.21. The van der Waals surface area contributed by atoms with Crippen molar-refractivity contribution in [3.63, 3.8) is 0 Å². The number of rotatable bonds is 2. The number of carboxylic acids is 1. The lowest BCUT2D eigenvalue weighted by molar-refractivity contribution is 0.0697. The maximum Gasteiger partial charge on any atom is 0.335 e. The average molecular weight is 303 g/mol. The van der Waals surface area contributed by atoms with Crippen LogP contribution in [0.2, 0.25) is 0 Å². The molecule has 0 atom stereocenters. The zero-order chi connectivity index (χ0) is 16.0. The van der Waals surface area contributed by atoms with Crippen molar-refractivity contribution in [2.24, 2.45) is 0 Å². The molecule has 0 amide bonds. The zero-order valence-corrected chi connectivity index (χ0v) is 12.4. The first-order valence-electron chi connectivity index (χ1n) is 7.20. The number of H-pyrrole nitrogens is 1. The molecule has 0 unspecified atom stereocenters. The maximum absolute atomic E-state index is 11.2. The van der Waals surface area contributed by atoms with Gasteiger partial charge in [0.2, 0.25) is 0 Å². The topological polar surface area (TPSA) is 78.9 Å². The minimum Gasteiger partial charge on any atom is -0.478 e. The first-order chi connectivity index (χ1) is 11.1. The molecule has 0 saturated heterocycles. The van der Waals surface area contributed by atoms with Crippen LogP contribution in [0.5, 0.6) is 0 Å². The van der Waals surface area contributed by atoms with Crippen LogP contribution in [0.4, 0.5) is 0 Å². The number of fused-ring (bicyclic) bond motifs is 3. The fourth-order valence-corrected chi connectivity index (χ4v) is 2.96. The summed E-state index contributed by atoms with van der Waals surface area (Å²) in [5.41, 5.74) is 3.79. The van der Waals surface area contributed by atoms with E-state index >= 15 is 0 Å². The molecule has 5 heteroatoms. The van der Waals surface area contributed by atoms with E-state index in [-0.39, 0.29) is 5.56 Å². The molecule has 4 rings (SSSR count). The lowest BCUT2D eigenvalue weighted by Crippen LogP contribution is -1.96. The first kappa shape index (κ1) is 13.5. The number of carboxylic acid groups (broad SMARTS) is 1. The Morgan fingerprint density at radius 1 is 1.22 bits per heavy atom. The Morgan fingerprint density at radius 3 is 2.91 bits per heavy atom. The number of pyridine rings is 2. The summed E-state index contributed by atoms with van der Waals surface area (Å²) in [7, 11) is 0. The van der Waals surface area contributed by atoms with Gasteiger partial charge in [-0.2, -0.15) is 0 Å². The Bertz CT molecular complexity index is 1070. The summed E-state index contributed by atoms with van der Waals surface area (Å²) < 4.78 is 0. The molecule has 4 aromatic rings. The molecule has 5 nitrogen and oxygen atoms in total. The molecule has 23 heavy (non-hydrogen) atoms. The number of aromatic amines is 1. The van der Waals surface area contributed by atoms with E-state index in [0.717, 1.165) is 38.6 Å². The highest BCUT2D eigenvalue weighted by atomic mass is 16.4. The van der Waals surface area contributed by atoms with E-state index in [0.29, 0.717) is 0 Å². The number of benzene rings is 1. The standard InChI is InChI=1S/C18H13N3O2/c1-10-15-14-9-19-6-5-13(14)8-20-17(15)21-16(10)11-3-2-4-12(7-11)18(22)23/h2-9H,1H3,(H,20,21)(H,22,23). The molecule has 3 heterocycles. The van der Waals surface area contributed by atoms with Crippen LogP contribution >= 0.6 is 0 Å². The Kier molecular flexibility index (Phi) is 2.87. The second-order valence-corrected chi connectivity index (χ2v) is 5.46. The highest BCUT2D eigenvalue weighted by Gasteiger charge is 2.14. The highest BCUT2D eigenvalue weighted by Crippen LogP contribution is 2.33. The zero-order valence-electron chi connectivity index (χ0n) is 12.4. The van der Waals surface area contributed by atoms with Crippen molar-refractivity contribution < 1.29 is 9.90 Å². The van der Waals surface area contributed by atoms with Crippen molar-refractivity contribution in [1.82, 2.24) is 15.0 Å². The number of nitrogens with one attached hydrogen (secondary N) is 1. The number of aromatic carboxylic acids is 1.